The van der Waals surface area contributed by atoms with Crippen LogP contribution >= 0.6 is 0 Å². The van der Waals surface area contributed by atoms with Gasteiger partial charge in [0.05, 0.1) is 6.10 Å². The van der Waals surface area contributed by atoms with E-state index in [1.165, 1.54) is 0 Å². The van der Waals surface area contributed by atoms with Gasteiger partial charge >= 0.3 is 0 Å². The largest absolute Gasteiger partial charge is 0.392 e. The lowest BCUT2D eigenvalue weighted by molar-refractivity contribution is -0.134. The zero-order chi connectivity index (χ0) is 13.0. The van der Waals surface area contributed by atoms with Gasteiger partial charge in [-0.25, -0.2) is 0 Å². The number of carbonyl (C=O) groups excluding carboxylic acids is 1. The van der Waals surface area contributed by atoms with Gasteiger partial charge in [0.15, 0.2) is 0 Å². The zero-order valence-corrected chi connectivity index (χ0v) is 11.3. The van der Waals surface area contributed by atoms with Gasteiger partial charge in [-0.15, -0.1) is 6.58 Å². The quantitative estimate of drug-likeness (QED) is 0.765. The lowest BCUT2D eigenvalue weighted by atomic mass is 9.75. The molecule has 0 amide bonds. The van der Waals surface area contributed by atoms with Crippen LogP contribution in [0.5, 0.6) is 0 Å². The van der Waals surface area contributed by atoms with E-state index in [4.69, 9.17) is 0 Å². The molecule has 2 aliphatic rings. The van der Waals surface area contributed by atoms with Crippen LogP contribution in [0, 0.1) is 35.0 Å². The van der Waals surface area contributed by atoms with Gasteiger partial charge in [0.1, 0.15) is 5.78 Å². The first kappa shape index (κ1) is 12.8. The van der Waals surface area contributed by atoms with Crippen LogP contribution in [0.25, 0.3) is 0 Å². The first-order valence-corrected chi connectivity index (χ1v) is 6.66. The molecule has 0 aromatic heterocycles. The van der Waals surface area contributed by atoms with Crippen LogP contribution in [0.3, 0.4) is 0 Å². The number of rotatable bonds is 3. The van der Waals surface area contributed by atoms with Crippen molar-refractivity contribution >= 4 is 5.78 Å². The molecule has 0 radical (unpaired) electrons. The van der Waals surface area contributed by atoms with E-state index in [0.29, 0.717) is 11.8 Å². The van der Waals surface area contributed by atoms with E-state index in [9.17, 15) is 9.90 Å². The zero-order valence-electron chi connectivity index (χ0n) is 11.3. The first-order chi connectivity index (χ1) is 7.82. The summed E-state index contributed by atoms with van der Waals surface area (Å²) in [5, 5.41) is 10.4. The molecule has 0 bridgehead atoms. The van der Waals surface area contributed by atoms with Crippen molar-refractivity contribution in [3.05, 3.63) is 12.7 Å². The highest BCUT2D eigenvalue weighted by Gasteiger charge is 2.66. The van der Waals surface area contributed by atoms with Crippen molar-refractivity contribution in [1.29, 1.82) is 0 Å². The third-order valence-electron chi connectivity index (χ3n) is 5.23. The minimum atomic E-state index is -0.558. The summed E-state index contributed by atoms with van der Waals surface area (Å²) in [6.07, 6.45) is 2.20. The third-order valence-corrected chi connectivity index (χ3v) is 5.23. The molecule has 96 valence electrons. The number of ketones is 1. The summed E-state index contributed by atoms with van der Waals surface area (Å²) in [6.45, 7) is 12.1. The van der Waals surface area contributed by atoms with E-state index in [-0.39, 0.29) is 29.0 Å². The molecule has 0 saturated heterocycles. The van der Waals surface area contributed by atoms with Crippen molar-refractivity contribution in [2.45, 2.75) is 40.2 Å². The Hall–Kier alpha value is -0.630. The van der Waals surface area contributed by atoms with E-state index in [0.717, 1.165) is 6.42 Å². The molecule has 0 aromatic carbocycles. The summed E-state index contributed by atoms with van der Waals surface area (Å²) in [7, 11) is 0. The lowest BCUT2D eigenvalue weighted by Gasteiger charge is -2.31. The molecule has 2 rings (SSSR count). The molecule has 2 nitrogen and oxygen atoms in total. The molecule has 2 unspecified atom stereocenters. The normalized spacial score (nSPS) is 42.5. The Morgan fingerprint density at radius 2 is 2.12 bits per heavy atom. The van der Waals surface area contributed by atoms with E-state index in [1.807, 2.05) is 13.8 Å². The second-order valence-corrected chi connectivity index (χ2v) is 6.60. The van der Waals surface area contributed by atoms with Crippen LogP contribution in [0.4, 0.5) is 0 Å². The van der Waals surface area contributed by atoms with Crippen LogP contribution < -0.4 is 0 Å². The molecular weight excluding hydrogens is 212 g/mol. The van der Waals surface area contributed by atoms with Gasteiger partial charge in [-0.05, 0) is 23.7 Å². The summed E-state index contributed by atoms with van der Waals surface area (Å²) in [6, 6.07) is 0. The molecule has 0 aliphatic heterocycles. The van der Waals surface area contributed by atoms with Crippen LogP contribution in [0.15, 0.2) is 12.7 Å². The molecule has 2 heteroatoms. The molecule has 2 fully saturated rings. The monoisotopic (exact) mass is 236 g/mol. The Morgan fingerprint density at radius 1 is 1.53 bits per heavy atom. The van der Waals surface area contributed by atoms with Gasteiger partial charge in [-0.1, -0.05) is 33.8 Å². The summed E-state index contributed by atoms with van der Waals surface area (Å²) >= 11 is 0. The number of aliphatic hydroxyl groups is 1. The molecular formula is C15H24O2. The second kappa shape index (κ2) is 3.94. The van der Waals surface area contributed by atoms with Gasteiger partial charge in [-0.2, -0.15) is 0 Å². The van der Waals surface area contributed by atoms with Crippen molar-refractivity contribution in [2.75, 3.05) is 0 Å². The van der Waals surface area contributed by atoms with Gasteiger partial charge in [-0.3, -0.25) is 4.79 Å². The van der Waals surface area contributed by atoms with Crippen LogP contribution in [0.1, 0.15) is 34.1 Å². The summed E-state index contributed by atoms with van der Waals surface area (Å²) in [5.74, 6) is 1.18. The van der Waals surface area contributed by atoms with Gasteiger partial charge in [0, 0.05) is 17.8 Å². The number of carbonyl (C=O) groups is 1. The van der Waals surface area contributed by atoms with E-state index in [1.54, 1.807) is 6.08 Å². The fourth-order valence-corrected chi connectivity index (χ4v) is 3.80. The molecule has 2 saturated carbocycles. The maximum absolute atomic E-state index is 12.3. The number of aliphatic hydroxyl groups excluding tert-OH is 1. The lowest BCUT2D eigenvalue weighted by Crippen LogP contribution is -2.40. The second-order valence-electron chi connectivity index (χ2n) is 6.60. The predicted molar refractivity (Wildman–Crippen MR) is 68.4 cm³/mol. The molecule has 2 aliphatic carbocycles. The molecule has 0 heterocycles. The molecule has 0 aromatic rings. The van der Waals surface area contributed by atoms with Crippen molar-refractivity contribution in [3.63, 3.8) is 0 Å². The number of fused-ring (bicyclic) bond motifs is 1. The molecule has 6 atom stereocenters. The van der Waals surface area contributed by atoms with E-state index < -0.39 is 6.10 Å². The molecule has 1 N–H and O–H groups in total. The number of hydrogen-bond donors (Lipinski definition) is 1. The highest BCUT2D eigenvalue weighted by Crippen LogP contribution is 2.67. The summed E-state index contributed by atoms with van der Waals surface area (Å²) in [4.78, 5) is 12.3. The topological polar surface area (TPSA) is 37.3 Å². The smallest absolute Gasteiger partial charge is 0.141 e. The Morgan fingerprint density at radius 3 is 2.65 bits per heavy atom. The average Bonchev–Trinajstić information content (AvgIpc) is 2.80. The average molecular weight is 236 g/mol. The summed E-state index contributed by atoms with van der Waals surface area (Å²) < 4.78 is 0. The Kier molecular flexibility index (Phi) is 2.97. The Balaban J connectivity index is 2.24. The first-order valence-electron chi connectivity index (χ1n) is 6.66. The molecule has 17 heavy (non-hydrogen) atoms. The fourth-order valence-electron chi connectivity index (χ4n) is 3.80. The predicted octanol–water partition coefficient (Wildman–Crippen LogP) is 2.67. The van der Waals surface area contributed by atoms with Crippen molar-refractivity contribution < 1.29 is 9.90 Å². The molecule has 0 spiro atoms. The maximum atomic E-state index is 12.3. The number of Topliss-reactive ketones (excluding diaryl/α,β-unsaturated/α-hetero) is 1. The van der Waals surface area contributed by atoms with Crippen molar-refractivity contribution in [2.24, 2.45) is 35.0 Å². The maximum Gasteiger partial charge on any atom is 0.141 e. The number of hydrogen-bond acceptors (Lipinski definition) is 2. The van der Waals surface area contributed by atoms with E-state index >= 15 is 0 Å². The Bertz CT molecular complexity index is 345. The van der Waals surface area contributed by atoms with Crippen LogP contribution in [-0.4, -0.2) is 17.0 Å². The van der Waals surface area contributed by atoms with Crippen LogP contribution in [-0.2, 0) is 4.79 Å². The fraction of sp³-hybridized carbons (Fsp3) is 0.800. The summed E-state index contributed by atoms with van der Waals surface area (Å²) in [5.41, 5.74) is 0.229. The van der Waals surface area contributed by atoms with E-state index in [2.05, 4.69) is 20.4 Å². The van der Waals surface area contributed by atoms with Gasteiger partial charge in [0.25, 0.3) is 0 Å². The third kappa shape index (κ3) is 1.77. The minimum absolute atomic E-state index is 0.00806. The van der Waals surface area contributed by atoms with Crippen LogP contribution in [0.2, 0.25) is 0 Å². The Labute approximate surface area is 104 Å². The van der Waals surface area contributed by atoms with Crippen molar-refractivity contribution in [1.82, 2.24) is 0 Å². The highest BCUT2D eigenvalue weighted by molar-refractivity contribution is 5.86. The SMILES string of the molecule is C=C[C@@H](C)[C@@H](O)C1C(=O)[C@H](C)C[C@@H]2C1C2(C)C. The van der Waals surface area contributed by atoms with Crippen molar-refractivity contribution in [3.8, 4) is 0 Å². The van der Waals surface area contributed by atoms with Gasteiger partial charge < -0.3 is 5.11 Å². The minimum Gasteiger partial charge on any atom is -0.392 e. The highest BCUT2D eigenvalue weighted by atomic mass is 16.3. The van der Waals surface area contributed by atoms with Gasteiger partial charge in [0.2, 0.25) is 0 Å². The standard InChI is InChI=1S/C15H24O2/c1-6-8(2)13(16)11-12-10(15(12,4)5)7-9(3)14(11)17/h6,8-13,16H,1,7H2,2-5H3/t8-,9-,10-,11?,12?,13-/m1/s1.